The predicted molar refractivity (Wildman–Crippen MR) is 83.2 cm³/mol. The number of aliphatic hydroxyl groups excluding tert-OH is 1. The van der Waals surface area contributed by atoms with Crippen molar-refractivity contribution in [2.75, 3.05) is 0 Å². The third-order valence-electron chi connectivity index (χ3n) is 2.94. The Kier molecular flexibility index (Phi) is 5.64. The van der Waals surface area contributed by atoms with E-state index in [1.54, 1.807) is 0 Å². The van der Waals surface area contributed by atoms with Gasteiger partial charge in [-0.2, -0.15) is 13.0 Å². The Hall–Kier alpha value is -1.48. The van der Waals surface area contributed by atoms with Crippen LogP contribution in [0.2, 0.25) is 10.0 Å². The summed E-state index contributed by atoms with van der Waals surface area (Å²) in [7, 11) is -4.71. The molecule has 0 saturated carbocycles. The number of hydrogen-bond donors (Lipinski definition) is 1. The fourth-order valence-corrected chi connectivity index (χ4v) is 3.40. The minimum Gasteiger partial charge on any atom is -0.456 e. The molecule has 0 amide bonds. The highest BCUT2D eigenvalue weighted by atomic mass is 35.5. The molecule has 0 saturated heterocycles. The van der Waals surface area contributed by atoms with Crippen molar-refractivity contribution >= 4 is 33.0 Å². The summed E-state index contributed by atoms with van der Waals surface area (Å²) < 4.78 is 65.3. The molecule has 1 atom stereocenters. The summed E-state index contributed by atoms with van der Waals surface area (Å²) in [5.41, 5.74) is -0.385. The molecule has 130 valence electrons. The molecule has 0 spiro atoms. The Bertz CT molecular complexity index is 852. The van der Waals surface area contributed by atoms with Crippen LogP contribution in [0.25, 0.3) is 0 Å². The zero-order chi connectivity index (χ0) is 18.1. The van der Waals surface area contributed by atoms with E-state index < -0.39 is 32.9 Å². The standard InChI is InChI=1S/C14H9Cl2F3O4S/c15-7-3-8(17)5-9(4-7)23-11-1-2-12(10(6-20)13(11)16)24(21,22)14(18)19/h1-5,14,20H,6H2/p+1. The van der Waals surface area contributed by atoms with E-state index in [4.69, 9.17) is 27.9 Å². The second kappa shape index (κ2) is 7.18. The largest absolute Gasteiger partial charge is 0.456 e. The molecule has 2 N–H and O–H groups in total. The first kappa shape index (κ1) is 18.9. The molecule has 2 rings (SSSR count). The second-order valence-electron chi connectivity index (χ2n) is 4.55. The van der Waals surface area contributed by atoms with Gasteiger partial charge >= 0.3 is 15.6 Å². The van der Waals surface area contributed by atoms with Crippen molar-refractivity contribution in [3.05, 3.63) is 51.8 Å². The Labute approximate surface area is 145 Å². The molecule has 1 unspecified atom stereocenters. The van der Waals surface area contributed by atoms with E-state index in [1.807, 2.05) is 0 Å². The van der Waals surface area contributed by atoms with Gasteiger partial charge in [0, 0.05) is 16.7 Å². The van der Waals surface area contributed by atoms with Crippen LogP contribution in [0.3, 0.4) is 0 Å². The van der Waals surface area contributed by atoms with Gasteiger partial charge in [-0.3, -0.25) is 0 Å². The monoisotopic (exact) mass is 401 g/mol. The highest BCUT2D eigenvalue weighted by Crippen LogP contribution is 2.37. The first-order valence-electron chi connectivity index (χ1n) is 6.26. The van der Waals surface area contributed by atoms with Crippen molar-refractivity contribution in [3.8, 4) is 11.5 Å². The summed E-state index contributed by atoms with van der Waals surface area (Å²) >= 11 is 11.6. The lowest BCUT2D eigenvalue weighted by Crippen LogP contribution is -2.14. The number of hydrogen-bond acceptors (Lipinski definition) is 3. The van der Waals surface area contributed by atoms with E-state index in [0.717, 1.165) is 24.3 Å². The molecule has 2 aromatic rings. The van der Waals surface area contributed by atoms with Crippen LogP contribution in [-0.4, -0.2) is 19.3 Å². The molecule has 0 aliphatic carbocycles. The van der Waals surface area contributed by atoms with Gasteiger partial charge < -0.3 is 9.84 Å². The normalized spacial score (nSPS) is 13.8. The minimum absolute atomic E-state index is 0.0304. The number of ether oxygens (including phenoxy) is 1. The van der Waals surface area contributed by atoms with Gasteiger partial charge in [0.15, 0.2) is 0 Å². The van der Waals surface area contributed by atoms with Gasteiger partial charge in [0.05, 0.1) is 11.6 Å². The van der Waals surface area contributed by atoms with Crippen molar-refractivity contribution in [2.45, 2.75) is 17.3 Å². The Morgan fingerprint density at radius 3 is 2.46 bits per heavy atom. The number of halogens is 5. The second-order valence-corrected chi connectivity index (χ2v) is 7.30. The summed E-state index contributed by atoms with van der Waals surface area (Å²) in [4.78, 5) is -0.699. The van der Waals surface area contributed by atoms with Crippen LogP contribution in [0.1, 0.15) is 5.56 Å². The molecular weight excluding hydrogens is 392 g/mol. The molecule has 0 aromatic heterocycles. The lowest BCUT2D eigenvalue weighted by molar-refractivity contribution is 0.234. The molecular formula is C14H10Cl2F3O4S+. The molecule has 0 fully saturated rings. The molecule has 24 heavy (non-hydrogen) atoms. The van der Waals surface area contributed by atoms with Crippen LogP contribution in [0.5, 0.6) is 11.5 Å². The van der Waals surface area contributed by atoms with Gasteiger partial charge in [-0.15, -0.1) is 0 Å². The van der Waals surface area contributed by atoms with Crippen LogP contribution in [0.4, 0.5) is 13.2 Å². The topological polar surface area (TPSA) is 67.9 Å². The predicted octanol–water partition coefficient (Wildman–Crippen LogP) is 4.57. The molecule has 0 radical (unpaired) electrons. The van der Waals surface area contributed by atoms with E-state index in [0.29, 0.717) is 0 Å². The molecule has 10 heteroatoms. The lowest BCUT2D eigenvalue weighted by Gasteiger charge is -2.13. The van der Waals surface area contributed by atoms with E-state index in [9.17, 15) is 26.7 Å². The molecule has 0 heterocycles. The smallest absolute Gasteiger partial charge is 0.384 e. The number of benzene rings is 2. The summed E-state index contributed by atoms with van der Waals surface area (Å²) in [6.07, 6.45) is 0. The molecule has 0 bridgehead atoms. The van der Waals surface area contributed by atoms with Gasteiger partial charge in [0.25, 0.3) is 0 Å². The fraction of sp³-hybridized carbons (Fsp3) is 0.143. The summed E-state index contributed by atoms with van der Waals surface area (Å²) in [6, 6.07) is 5.28. The summed E-state index contributed by atoms with van der Waals surface area (Å²) in [5, 5.41) is 9.02. The number of aliphatic hydroxyl groups is 1. The van der Waals surface area contributed by atoms with Crippen LogP contribution < -0.4 is 4.74 Å². The van der Waals surface area contributed by atoms with Gasteiger partial charge in [0.2, 0.25) is 0 Å². The van der Waals surface area contributed by atoms with Crippen molar-refractivity contribution in [3.63, 3.8) is 0 Å². The molecule has 0 aliphatic rings. The maximum atomic E-state index is 13.3. The zero-order valence-corrected chi connectivity index (χ0v) is 14.0. The lowest BCUT2D eigenvalue weighted by atomic mass is 10.2. The first-order valence-corrected chi connectivity index (χ1v) is 8.60. The maximum Gasteiger partial charge on any atom is 0.384 e. The van der Waals surface area contributed by atoms with Gasteiger partial charge in [-0.1, -0.05) is 23.2 Å². The van der Waals surface area contributed by atoms with Crippen LogP contribution in [0.15, 0.2) is 35.2 Å². The highest BCUT2D eigenvalue weighted by molar-refractivity contribution is 7.91. The zero-order valence-electron chi connectivity index (χ0n) is 11.7. The fourth-order valence-electron chi connectivity index (χ4n) is 1.89. The quantitative estimate of drug-likeness (QED) is 0.746. The van der Waals surface area contributed by atoms with E-state index in [-0.39, 0.29) is 27.1 Å². The van der Waals surface area contributed by atoms with Gasteiger partial charge in [-0.25, -0.2) is 8.60 Å². The Morgan fingerprint density at radius 1 is 1.25 bits per heavy atom. The Morgan fingerprint density at radius 2 is 1.92 bits per heavy atom. The minimum atomic E-state index is -4.71. The van der Waals surface area contributed by atoms with E-state index >= 15 is 0 Å². The van der Waals surface area contributed by atoms with Crippen LogP contribution in [-0.2, 0) is 16.4 Å². The van der Waals surface area contributed by atoms with Crippen molar-refractivity contribution in [1.29, 1.82) is 0 Å². The summed E-state index contributed by atoms with van der Waals surface area (Å²) in [5.74, 6) is -4.40. The SMILES string of the molecule is O=S(=[OH+])(c1ccc(Oc2cc(F)cc(Cl)c2)c(Cl)c1CO)C(F)F. The van der Waals surface area contributed by atoms with Crippen LogP contribution in [0, 0.1) is 5.82 Å². The third-order valence-corrected chi connectivity index (χ3v) is 5.07. The first-order chi connectivity index (χ1) is 11.2. The maximum absolute atomic E-state index is 13.3. The van der Waals surface area contributed by atoms with Crippen molar-refractivity contribution in [1.82, 2.24) is 0 Å². The van der Waals surface area contributed by atoms with E-state index in [2.05, 4.69) is 0 Å². The average molecular weight is 402 g/mol. The molecule has 4 nitrogen and oxygen atoms in total. The third kappa shape index (κ3) is 3.77. The Balaban J connectivity index is 2.51. The highest BCUT2D eigenvalue weighted by Gasteiger charge is 2.36. The van der Waals surface area contributed by atoms with E-state index in [1.165, 1.54) is 6.07 Å². The number of alkyl halides is 2. The van der Waals surface area contributed by atoms with Crippen LogP contribution >= 0.6 is 23.2 Å². The van der Waals surface area contributed by atoms with Crippen molar-refractivity contribution in [2.24, 2.45) is 0 Å². The van der Waals surface area contributed by atoms with Gasteiger partial charge in [-0.05, 0) is 24.3 Å². The average Bonchev–Trinajstić information content (AvgIpc) is 2.47. The van der Waals surface area contributed by atoms with Crippen molar-refractivity contribution < 1.29 is 31.4 Å². The van der Waals surface area contributed by atoms with Gasteiger partial charge in [0.1, 0.15) is 22.2 Å². The molecule has 2 aromatic carbocycles. The summed E-state index contributed by atoms with van der Waals surface area (Å²) in [6.45, 7) is -0.875. The number of rotatable bonds is 5. The molecule has 0 aliphatic heterocycles.